The van der Waals surface area contributed by atoms with Crippen molar-refractivity contribution in [2.45, 2.75) is 128 Å². The van der Waals surface area contributed by atoms with Crippen molar-refractivity contribution in [3.05, 3.63) is 47.5 Å². The van der Waals surface area contributed by atoms with Crippen molar-refractivity contribution in [1.29, 1.82) is 0 Å². The Morgan fingerprint density at radius 1 is 1.08 bits per heavy atom. The molecule has 0 bridgehead atoms. The van der Waals surface area contributed by atoms with Crippen LogP contribution in [0.1, 0.15) is 79.1 Å². The quantitative estimate of drug-likeness (QED) is 0.215. The second-order valence-electron chi connectivity index (χ2n) is 12.9. The molecule has 7 atom stereocenters. The zero-order chi connectivity index (χ0) is 28.4. The van der Waals surface area contributed by atoms with Crippen molar-refractivity contribution in [3.63, 3.8) is 0 Å². The average molecular weight is 561 g/mol. The van der Waals surface area contributed by atoms with Crippen LogP contribution in [0, 0.1) is 0 Å². The lowest BCUT2D eigenvalue weighted by Crippen LogP contribution is -2.55. The molecule has 39 heavy (non-hydrogen) atoms. The maximum atomic E-state index is 12.3. The van der Waals surface area contributed by atoms with Gasteiger partial charge in [-0.15, -0.1) is 0 Å². The van der Waals surface area contributed by atoms with Gasteiger partial charge in [0.05, 0.1) is 43.2 Å². The van der Waals surface area contributed by atoms with Gasteiger partial charge in [0.15, 0.2) is 14.6 Å². The molecule has 1 aromatic carbocycles. The third-order valence-corrected chi connectivity index (χ3v) is 13.5. The van der Waals surface area contributed by atoms with Crippen LogP contribution >= 0.6 is 0 Å². The van der Waals surface area contributed by atoms with Crippen LogP contribution in [0.3, 0.4) is 0 Å². The number of hydrogen-bond acceptors (Lipinski definition) is 7. The molecule has 1 aromatic rings. The van der Waals surface area contributed by atoms with Crippen LogP contribution in [-0.4, -0.2) is 63.6 Å². The Bertz CT molecular complexity index is 1000. The molecule has 0 aliphatic carbocycles. The number of rotatable bonds is 7. The minimum Gasteiger partial charge on any atom is -0.463 e. The van der Waals surface area contributed by atoms with E-state index >= 15 is 0 Å². The van der Waals surface area contributed by atoms with Crippen LogP contribution in [0.4, 0.5) is 0 Å². The third-order valence-electron chi connectivity index (χ3n) is 8.90. The smallest absolute Gasteiger partial charge is 0.333 e. The van der Waals surface area contributed by atoms with Crippen molar-refractivity contribution < 1.29 is 32.9 Å². The molecule has 218 valence electrons. The second kappa shape index (κ2) is 12.1. The van der Waals surface area contributed by atoms with E-state index in [0.717, 1.165) is 24.8 Å². The molecule has 1 unspecified atom stereocenters. The maximum Gasteiger partial charge on any atom is 0.333 e. The van der Waals surface area contributed by atoms with Crippen LogP contribution < -0.4 is 0 Å². The highest BCUT2D eigenvalue weighted by atomic mass is 28.4. The topological polar surface area (TPSA) is 72.5 Å². The summed E-state index contributed by atoms with van der Waals surface area (Å²) in [4.78, 5) is 12.3. The molecule has 3 saturated heterocycles. The summed E-state index contributed by atoms with van der Waals surface area (Å²) in [7, 11) is -2.12. The first kappa shape index (κ1) is 30.4. The molecular weight excluding hydrogens is 512 g/mol. The highest BCUT2D eigenvalue weighted by Crippen LogP contribution is 2.46. The third kappa shape index (κ3) is 7.03. The maximum absolute atomic E-state index is 12.3. The summed E-state index contributed by atoms with van der Waals surface area (Å²) in [5, 5.41) is 0.0549. The molecule has 0 aromatic heterocycles. The standard InChI is InChI=1S/C31H48O7Si/c1-9-33-28(32)21(2)15-16-27-31(6,38-39(7,8)30(3,4)5)18-17-23-24(36-27)19-25-26(35-23)20-34-29(37-25)22-13-11-10-12-14-22/h10-15,23-27,29H,9,16-20H2,1-8H3/b21-15+/t23-,24+,25-,26+,27-,29?,31+/m0/s1. The Morgan fingerprint density at radius 2 is 1.77 bits per heavy atom. The number of esters is 1. The van der Waals surface area contributed by atoms with E-state index in [0.29, 0.717) is 25.2 Å². The zero-order valence-corrected chi connectivity index (χ0v) is 26.0. The summed E-state index contributed by atoms with van der Waals surface area (Å²) in [6.07, 6.45) is 3.80. The van der Waals surface area contributed by atoms with E-state index in [9.17, 15) is 4.79 Å². The number of ether oxygens (including phenoxy) is 5. The van der Waals surface area contributed by atoms with E-state index in [-0.39, 0.29) is 41.5 Å². The normalized spacial score (nSPS) is 34.0. The van der Waals surface area contributed by atoms with E-state index < -0.39 is 20.2 Å². The molecule has 4 rings (SSSR count). The van der Waals surface area contributed by atoms with Gasteiger partial charge in [-0.05, 0) is 58.2 Å². The van der Waals surface area contributed by atoms with Crippen molar-refractivity contribution in [2.75, 3.05) is 13.2 Å². The Hall–Kier alpha value is -1.55. The Kier molecular flexibility index (Phi) is 9.46. The van der Waals surface area contributed by atoms with Gasteiger partial charge in [-0.25, -0.2) is 4.79 Å². The number of fused-ring (bicyclic) bond motifs is 2. The molecule has 0 saturated carbocycles. The molecule has 8 heteroatoms. The van der Waals surface area contributed by atoms with Crippen LogP contribution in [0.25, 0.3) is 0 Å². The van der Waals surface area contributed by atoms with Crippen LogP contribution in [0.15, 0.2) is 42.0 Å². The SMILES string of the molecule is CCOC(=O)/C(C)=C/C[C@@H]1O[C@@H]2C[C@@H]3OC(c4ccccc4)OC[C@H]3O[C@H]2CC[C@@]1(C)O[Si](C)(C)C(C)(C)C. The zero-order valence-electron chi connectivity index (χ0n) is 25.0. The highest BCUT2D eigenvalue weighted by molar-refractivity contribution is 6.74. The first-order chi connectivity index (χ1) is 18.3. The van der Waals surface area contributed by atoms with E-state index in [1.807, 2.05) is 43.3 Å². The number of carbonyl (C=O) groups is 1. The predicted octanol–water partition coefficient (Wildman–Crippen LogP) is 6.49. The lowest BCUT2D eigenvalue weighted by atomic mass is 9.89. The van der Waals surface area contributed by atoms with Gasteiger partial charge in [0, 0.05) is 17.6 Å². The molecule has 7 nitrogen and oxygen atoms in total. The van der Waals surface area contributed by atoms with Gasteiger partial charge in [0.2, 0.25) is 0 Å². The Balaban J connectivity index is 1.56. The van der Waals surface area contributed by atoms with E-state index in [4.69, 9.17) is 28.1 Å². The first-order valence-corrected chi connectivity index (χ1v) is 17.4. The first-order valence-electron chi connectivity index (χ1n) is 14.5. The molecule has 3 aliphatic rings. The monoisotopic (exact) mass is 560 g/mol. The summed E-state index contributed by atoms with van der Waals surface area (Å²) >= 11 is 0. The molecule has 0 amide bonds. The van der Waals surface area contributed by atoms with Gasteiger partial charge in [0.25, 0.3) is 0 Å². The van der Waals surface area contributed by atoms with Crippen molar-refractivity contribution in [3.8, 4) is 0 Å². The van der Waals surface area contributed by atoms with Gasteiger partial charge < -0.3 is 28.1 Å². The average Bonchev–Trinajstić information content (AvgIpc) is 3.01. The molecule has 0 N–H and O–H groups in total. The van der Waals surface area contributed by atoms with Crippen molar-refractivity contribution in [1.82, 2.24) is 0 Å². The van der Waals surface area contributed by atoms with E-state index in [2.05, 4.69) is 40.8 Å². The fourth-order valence-corrected chi connectivity index (χ4v) is 7.20. The lowest BCUT2D eigenvalue weighted by Gasteiger charge is -2.47. The predicted molar refractivity (Wildman–Crippen MR) is 153 cm³/mol. The van der Waals surface area contributed by atoms with Gasteiger partial charge >= 0.3 is 5.97 Å². The number of carbonyl (C=O) groups excluding carboxylic acids is 1. The Morgan fingerprint density at radius 3 is 2.44 bits per heavy atom. The van der Waals surface area contributed by atoms with Gasteiger partial charge in [-0.3, -0.25) is 0 Å². The molecule has 0 spiro atoms. The van der Waals surface area contributed by atoms with Crippen LogP contribution in [0.5, 0.6) is 0 Å². The highest BCUT2D eigenvalue weighted by Gasteiger charge is 2.52. The largest absolute Gasteiger partial charge is 0.463 e. The number of benzene rings is 1. The van der Waals surface area contributed by atoms with Crippen LogP contribution in [-0.2, 0) is 32.9 Å². The molecule has 3 heterocycles. The molecular formula is C31H48O7Si. The van der Waals surface area contributed by atoms with E-state index in [1.54, 1.807) is 6.92 Å². The molecule has 3 aliphatic heterocycles. The van der Waals surface area contributed by atoms with Crippen molar-refractivity contribution in [2.24, 2.45) is 0 Å². The Labute approximate surface area is 235 Å². The molecule has 0 radical (unpaired) electrons. The van der Waals surface area contributed by atoms with Gasteiger partial charge in [-0.1, -0.05) is 57.2 Å². The fourth-order valence-electron chi connectivity index (χ4n) is 5.50. The van der Waals surface area contributed by atoms with Crippen molar-refractivity contribution >= 4 is 14.3 Å². The second-order valence-corrected chi connectivity index (χ2v) is 17.6. The summed E-state index contributed by atoms with van der Waals surface area (Å²) in [6, 6.07) is 10.0. The van der Waals surface area contributed by atoms with Gasteiger partial charge in [0.1, 0.15) is 6.10 Å². The minimum absolute atomic E-state index is 0.0549. The lowest BCUT2D eigenvalue weighted by molar-refractivity contribution is -0.307. The summed E-state index contributed by atoms with van der Waals surface area (Å²) in [5.74, 6) is -0.289. The summed E-state index contributed by atoms with van der Waals surface area (Å²) < 4.78 is 38.3. The minimum atomic E-state index is -2.12. The van der Waals surface area contributed by atoms with Crippen LogP contribution in [0.2, 0.25) is 18.1 Å². The molecule has 3 fully saturated rings. The van der Waals surface area contributed by atoms with Gasteiger partial charge in [-0.2, -0.15) is 0 Å². The summed E-state index contributed by atoms with van der Waals surface area (Å²) in [5.41, 5.74) is 1.08. The number of hydrogen-bond donors (Lipinski definition) is 0. The summed E-state index contributed by atoms with van der Waals surface area (Å²) in [6.45, 7) is 18.0. The fraction of sp³-hybridized carbons (Fsp3) is 0.710. The van der Waals surface area contributed by atoms with E-state index in [1.165, 1.54) is 0 Å².